The molecule has 0 bridgehead atoms. The van der Waals surface area contributed by atoms with Gasteiger partial charge in [-0.05, 0) is 24.7 Å². The van der Waals surface area contributed by atoms with Crippen molar-refractivity contribution in [2.75, 3.05) is 6.54 Å². The molecule has 0 aromatic rings. The lowest BCUT2D eigenvalue weighted by molar-refractivity contribution is -0.0250. The average Bonchev–Trinajstić information content (AvgIpc) is 1.78. The van der Waals surface area contributed by atoms with Crippen molar-refractivity contribution in [3.63, 3.8) is 0 Å². The van der Waals surface area contributed by atoms with E-state index < -0.39 is 0 Å². The van der Waals surface area contributed by atoms with Gasteiger partial charge in [-0.15, -0.1) is 0 Å². The Labute approximate surface area is 50.5 Å². The zero-order chi connectivity index (χ0) is 5.61. The van der Waals surface area contributed by atoms with Crippen LogP contribution in [-0.2, 0) is 0 Å². The van der Waals surface area contributed by atoms with Crippen LogP contribution < -0.4 is 5.32 Å². The molecule has 8 heavy (non-hydrogen) atoms. The molecule has 0 radical (unpaired) electrons. The van der Waals surface area contributed by atoms with Gasteiger partial charge in [-0.1, -0.05) is 6.92 Å². The van der Waals surface area contributed by atoms with Crippen molar-refractivity contribution in [1.82, 2.24) is 5.32 Å². The Hall–Kier alpha value is -0.0400. The summed E-state index contributed by atoms with van der Waals surface area (Å²) in [7, 11) is 0. The van der Waals surface area contributed by atoms with Crippen molar-refractivity contribution in [1.29, 1.82) is 0 Å². The summed E-state index contributed by atoms with van der Waals surface area (Å²) in [6.07, 6.45) is 4.32. The van der Waals surface area contributed by atoms with E-state index in [1.165, 1.54) is 25.8 Å². The maximum absolute atomic E-state index is 3.44. The van der Waals surface area contributed by atoms with Crippen LogP contribution in [0, 0.1) is 5.41 Å². The standard InChI is InChI=1S/C7H13N/c1-2-7-4-3-6(7)8-5-7/h6,8H,2-5H2,1H3. The average molecular weight is 111 g/mol. The van der Waals surface area contributed by atoms with Gasteiger partial charge in [0.15, 0.2) is 0 Å². The van der Waals surface area contributed by atoms with Gasteiger partial charge in [0.2, 0.25) is 0 Å². The molecule has 1 saturated heterocycles. The summed E-state index contributed by atoms with van der Waals surface area (Å²) >= 11 is 0. The number of hydrogen-bond donors (Lipinski definition) is 1. The van der Waals surface area contributed by atoms with Crippen LogP contribution in [0.4, 0.5) is 0 Å². The molecule has 2 aliphatic rings. The van der Waals surface area contributed by atoms with Crippen molar-refractivity contribution in [3.8, 4) is 0 Å². The molecule has 46 valence electrons. The molecule has 2 fully saturated rings. The molecule has 1 aliphatic carbocycles. The molecular weight excluding hydrogens is 98.1 g/mol. The van der Waals surface area contributed by atoms with Gasteiger partial charge >= 0.3 is 0 Å². The van der Waals surface area contributed by atoms with Crippen molar-refractivity contribution in [2.24, 2.45) is 5.41 Å². The Morgan fingerprint density at radius 3 is 2.62 bits per heavy atom. The van der Waals surface area contributed by atoms with Crippen LogP contribution in [0.15, 0.2) is 0 Å². The molecule has 1 heteroatoms. The smallest absolute Gasteiger partial charge is 0.0136 e. The molecular formula is C7H13N. The van der Waals surface area contributed by atoms with Crippen LogP contribution in [0.25, 0.3) is 0 Å². The first-order valence-electron chi connectivity index (χ1n) is 3.61. The fourth-order valence-corrected chi connectivity index (χ4v) is 1.97. The maximum atomic E-state index is 3.44. The zero-order valence-corrected chi connectivity index (χ0v) is 5.41. The normalized spacial score (nSPS) is 51.4. The minimum absolute atomic E-state index is 0.792. The minimum atomic E-state index is 0.792. The zero-order valence-electron chi connectivity index (χ0n) is 5.41. The van der Waals surface area contributed by atoms with Crippen molar-refractivity contribution in [2.45, 2.75) is 32.2 Å². The summed E-state index contributed by atoms with van der Waals surface area (Å²) < 4.78 is 0. The van der Waals surface area contributed by atoms with Gasteiger partial charge in [-0.2, -0.15) is 0 Å². The fourth-order valence-electron chi connectivity index (χ4n) is 1.97. The summed E-state index contributed by atoms with van der Waals surface area (Å²) in [6, 6.07) is 0.924. The van der Waals surface area contributed by atoms with E-state index in [9.17, 15) is 0 Å². The van der Waals surface area contributed by atoms with Gasteiger partial charge in [0.05, 0.1) is 0 Å². The van der Waals surface area contributed by atoms with E-state index in [0.29, 0.717) is 0 Å². The fraction of sp³-hybridized carbons (Fsp3) is 1.00. The molecule has 2 unspecified atom stereocenters. The maximum Gasteiger partial charge on any atom is 0.0136 e. The van der Waals surface area contributed by atoms with E-state index in [1.807, 2.05) is 0 Å². The highest BCUT2D eigenvalue weighted by Crippen LogP contribution is 2.49. The van der Waals surface area contributed by atoms with Crippen LogP contribution in [0.2, 0.25) is 0 Å². The SMILES string of the molecule is CCC12CCC1NC2. The molecule has 0 amide bonds. The summed E-state index contributed by atoms with van der Waals surface area (Å²) in [5.41, 5.74) is 0.792. The predicted octanol–water partition coefficient (Wildman–Crippen LogP) is 1.15. The molecule has 1 N–H and O–H groups in total. The molecule has 0 aromatic carbocycles. The summed E-state index contributed by atoms with van der Waals surface area (Å²) in [4.78, 5) is 0. The molecule has 1 heterocycles. The van der Waals surface area contributed by atoms with E-state index in [4.69, 9.17) is 0 Å². The second-order valence-electron chi connectivity index (χ2n) is 3.19. The first-order chi connectivity index (χ1) is 3.87. The summed E-state index contributed by atoms with van der Waals surface area (Å²) in [6.45, 7) is 3.61. The number of rotatable bonds is 1. The Morgan fingerprint density at radius 2 is 2.62 bits per heavy atom. The third kappa shape index (κ3) is 0.334. The molecule has 1 saturated carbocycles. The third-order valence-electron chi connectivity index (χ3n) is 3.07. The third-order valence-corrected chi connectivity index (χ3v) is 3.07. The van der Waals surface area contributed by atoms with E-state index in [0.717, 1.165) is 11.5 Å². The van der Waals surface area contributed by atoms with Crippen molar-refractivity contribution in [3.05, 3.63) is 0 Å². The Kier molecular flexibility index (Phi) is 0.762. The van der Waals surface area contributed by atoms with E-state index in [1.54, 1.807) is 0 Å². The van der Waals surface area contributed by atoms with Crippen LogP contribution in [-0.4, -0.2) is 12.6 Å². The molecule has 0 spiro atoms. The Balaban J connectivity index is 2.05. The molecule has 0 aromatic heterocycles. The monoisotopic (exact) mass is 111 g/mol. The molecule has 1 nitrogen and oxygen atoms in total. The predicted molar refractivity (Wildman–Crippen MR) is 33.7 cm³/mol. The number of fused-ring (bicyclic) bond motifs is 1. The van der Waals surface area contributed by atoms with Gasteiger partial charge < -0.3 is 5.32 Å². The van der Waals surface area contributed by atoms with Crippen LogP contribution in [0.3, 0.4) is 0 Å². The van der Waals surface area contributed by atoms with Gasteiger partial charge in [0.1, 0.15) is 0 Å². The first-order valence-corrected chi connectivity index (χ1v) is 3.61. The van der Waals surface area contributed by atoms with E-state index >= 15 is 0 Å². The van der Waals surface area contributed by atoms with Gasteiger partial charge in [0.25, 0.3) is 0 Å². The van der Waals surface area contributed by atoms with Crippen LogP contribution in [0.5, 0.6) is 0 Å². The van der Waals surface area contributed by atoms with E-state index in [2.05, 4.69) is 12.2 Å². The summed E-state index contributed by atoms with van der Waals surface area (Å²) in [5, 5.41) is 3.44. The molecule has 2 rings (SSSR count). The number of hydrogen-bond acceptors (Lipinski definition) is 1. The second-order valence-corrected chi connectivity index (χ2v) is 3.19. The molecule has 2 atom stereocenters. The largest absolute Gasteiger partial charge is 0.313 e. The first kappa shape index (κ1) is 4.80. The highest BCUT2D eigenvalue weighted by molar-refractivity contribution is 5.08. The van der Waals surface area contributed by atoms with Crippen LogP contribution >= 0.6 is 0 Å². The quantitative estimate of drug-likeness (QED) is 0.535. The lowest BCUT2D eigenvalue weighted by Gasteiger charge is -2.59. The number of piperidine rings is 1. The summed E-state index contributed by atoms with van der Waals surface area (Å²) in [5.74, 6) is 0. The van der Waals surface area contributed by atoms with Gasteiger partial charge in [-0.3, -0.25) is 0 Å². The second kappa shape index (κ2) is 1.27. The van der Waals surface area contributed by atoms with Crippen molar-refractivity contribution >= 4 is 0 Å². The van der Waals surface area contributed by atoms with Gasteiger partial charge in [0, 0.05) is 12.6 Å². The minimum Gasteiger partial charge on any atom is -0.313 e. The topological polar surface area (TPSA) is 12.0 Å². The lowest BCUT2D eigenvalue weighted by Crippen LogP contribution is -2.68. The highest BCUT2D eigenvalue weighted by Gasteiger charge is 2.51. The van der Waals surface area contributed by atoms with Crippen LogP contribution in [0.1, 0.15) is 26.2 Å². The number of nitrogens with one attached hydrogen (secondary N) is 1. The highest BCUT2D eigenvalue weighted by atomic mass is 15.1. The van der Waals surface area contributed by atoms with Gasteiger partial charge in [-0.25, -0.2) is 0 Å². The lowest BCUT2D eigenvalue weighted by atomic mass is 9.57. The van der Waals surface area contributed by atoms with E-state index in [-0.39, 0.29) is 0 Å². The van der Waals surface area contributed by atoms with Crippen molar-refractivity contribution < 1.29 is 0 Å². The Bertz CT molecular complexity index is 95.4. The Morgan fingerprint density at radius 1 is 1.75 bits per heavy atom. The molecule has 1 aliphatic heterocycles.